The molecule has 6 heteroatoms. The summed E-state index contributed by atoms with van der Waals surface area (Å²) in [6, 6.07) is 5.31. The van der Waals surface area contributed by atoms with E-state index in [2.05, 4.69) is 10.6 Å². The smallest absolute Gasteiger partial charge is 0.385 e. The zero-order valence-electron chi connectivity index (χ0n) is 11.6. The SMILES string of the molecule is CCNc1cc(C)ccc1C(=O)NCCCC(F)(F)F. The molecule has 0 aliphatic carbocycles. The number of hydrogen-bond donors (Lipinski definition) is 2. The molecule has 1 amide bonds. The van der Waals surface area contributed by atoms with Gasteiger partial charge in [-0.1, -0.05) is 6.07 Å². The molecule has 112 valence electrons. The predicted molar refractivity (Wildman–Crippen MR) is 73.0 cm³/mol. The molecule has 1 aromatic carbocycles. The fourth-order valence-corrected chi connectivity index (χ4v) is 1.78. The lowest BCUT2D eigenvalue weighted by Crippen LogP contribution is -2.26. The third kappa shape index (κ3) is 5.50. The van der Waals surface area contributed by atoms with Gasteiger partial charge in [-0.15, -0.1) is 0 Å². The van der Waals surface area contributed by atoms with Gasteiger partial charge in [0.05, 0.1) is 5.56 Å². The molecule has 0 aliphatic rings. The highest BCUT2D eigenvalue weighted by Gasteiger charge is 2.26. The van der Waals surface area contributed by atoms with Crippen LogP contribution in [0.25, 0.3) is 0 Å². The van der Waals surface area contributed by atoms with Gasteiger partial charge in [0.25, 0.3) is 5.91 Å². The summed E-state index contributed by atoms with van der Waals surface area (Å²) < 4.78 is 36.0. The Hall–Kier alpha value is -1.72. The van der Waals surface area contributed by atoms with Crippen LogP contribution in [0.3, 0.4) is 0 Å². The van der Waals surface area contributed by atoms with E-state index in [0.717, 1.165) is 5.56 Å². The van der Waals surface area contributed by atoms with E-state index in [-0.39, 0.29) is 18.9 Å². The van der Waals surface area contributed by atoms with E-state index >= 15 is 0 Å². The average Bonchev–Trinajstić information content (AvgIpc) is 2.34. The maximum atomic E-state index is 12.0. The molecule has 3 nitrogen and oxygen atoms in total. The Labute approximate surface area is 116 Å². The summed E-state index contributed by atoms with van der Waals surface area (Å²) in [5, 5.41) is 5.58. The minimum absolute atomic E-state index is 0.0117. The van der Waals surface area contributed by atoms with Crippen LogP contribution in [0.1, 0.15) is 35.7 Å². The van der Waals surface area contributed by atoms with E-state index in [1.165, 1.54) is 0 Å². The van der Waals surface area contributed by atoms with Crippen molar-refractivity contribution in [1.82, 2.24) is 5.32 Å². The third-order valence-corrected chi connectivity index (χ3v) is 2.71. The molecule has 1 rings (SSSR count). The molecule has 0 saturated carbocycles. The summed E-state index contributed by atoms with van der Waals surface area (Å²) in [6.45, 7) is 4.49. The number of halogens is 3. The van der Waals surface area contributed by atoms with Gasteiger partial charge in [0.1, 0.15) is 0 Å². The largest absolute Gasteiger partial charge is 0.389 e. The van der Waals surface area contributed by atoms with Crippen molar-refractivity contribution in [1.29, 1.82) is 0 Å². The number of hydrogen-bond acceptors (Lipinski definition) is 2. The minimum Gasteiger partial charge on any atom is -0.385 e. The van der Waals surface area contributed by atoms with Crippen LogP contribution in [0.5, 0.6) is 0 Å². The van der Waals surface area contributed by atoms with E-state index in [4.69, 9.17) is 0 Å². The second-order valence-electron chi connectivity index (χ2n) is 4.55. The molecule has 2 N–H and O–H groups in total. The summed E-state index contributed by atoms with van der Waals surface area (Å²) in [4.78, 5) is 11.9. The third-order valence-electron chi connectivity index (χ3n) is 2.71. The molecule has 0 bridgehead atoms. The molecule has 0 radical (unpaired) electrons. The van der Waals surface area contributed by atoms with Gasteiger partial charge in [-0.2, -0.15) is 13.2 Å². The molecule has 0 unspecified atom stereocenters. The molecule has 0 atom stereocenters. The molecule has 0 heterocycles. The molecule has 0 fully saturated rings. The van der Waals surface area contributed by atoms with Gasteiger partial charge in [0.15, 0.2) is 0 Å². The highest BCUT2D eigenvalue weighted by atomic mass is 19.4. The number of nitrogens with one attached hydrogen (secondary N) is 2. The number of rotatable bonds is 6. The Bertz CT molecular complexity index is 458. The molecule has 0 spiro atoms. The first-order chi connectivity index (χ1) is 9.33. The van der Waals surface area contributed by atoms with Crippen molar-refractivity contribution in [3.63, 3.8) is 0 Å². The summed E-state index contributed by atoms with van der Waals surface area (Å²) >= 11 is 0. The lowest BCUT2D eigenvalue weighted by molar-refractivity contribution is -0.135. The highest BCUT2D eigenvalue weighted by Crippen LogP contribution is 2.21. The van der Waals surface area contributed by atoms with Crippen molar-refractivity contribution in [3.05, 3.63) is 29.3 Å². The maximum Gasteiger partial charge on any atom is 0.389 e. The quantitative estimate of drug-likeness (QED) is 0.787. The standard InChI is InChI=1S/C14H19F3N2O/c1-3-18-12-9-10(2)5-6-11(12)13(20)19-8-4-7-14(15,16)17/h5-6,9,18H,3-4,7-8H2,1-2H3,(H,19,20). The van der Waals surface area contributed by atoms with Crippen molar-refractivity contribution in [2.45, 2.75) is 32.9 Å². The molecular weight excluding hydrogens is 269 g/mol. The molecular formula is C14H19F3N2O. The number of benzene rings is 1. The Morgan fingerprint density at radius 1 is 1.30 bits per heavy atom. The lowest BCUT2D eigenvalue weighted by atomic mass is 10.1. The molecule has 0 aromatic heterocycles. The lowest BCUT2D eigenvalue weighted by Gasteiger charge is -2.12. The van der Waals surface area contributed by atoms with Crippen molar-refractivity contribution in [2.24, 2.45) is 0 Å². The fraction of sp³-hybridized carbons (Fsp3) is 0.500. The average molecular weight is 288 g/mol. The monoisotopic (exact) mass is 288 g/mol. The van der Waals surface area contributed by atoms with Crippen molar-refractivity contribution in [2.75, 3.05) is 18.4 Å². The van der Waals surface area contributed by atoms with E-state index in [0.29, 0.717) is 17.8 Å². The van der Waals surface area contributed by atoms with Crippen LogP contribution in [0.4, 0.5) is 18.9 Å². The number of carbonyl (C=O) groups is 1. The number of alkyl halides is 3. The van der Waals surface area contributed by atoms with Crippen LogP contribution in [0.2, 0.25) is 0 Å². The second-order valence-corrected chi connectivity index (χ2v) is 4.55. The summed E-state index contributed by atoms with van der Waals surface area (Å²) in [5.74, 6) is -0.358. The first-order valence-corrected chi connectivity index (χ1v) is 6.53. The summed E-state index contributed by atoms with van der Waals surface area (Å²) in [5.41, 5.74) is 2.15. The zero-order valence-corrected chi connectivity index (χ0v) is 11.6. The van der Waals surface area contributed by atoms with Gasteiger partial charge in [0.2, 0.25) is 0 Å². The van der Waals surface area contributed by atoms with Crippen LogP contribution in [-0.4, -0.2) is 25.2 Å². The zero-order chi connectivity index (χ0) is 15.2. The van der Waals surface area contributed by atoms with Crippen LogP contribution in [-0.2, 0) is 0 Å². The van der Waals surface area contributed by atoms with E-state index < -0.39 is 12.6 Å². The predicted octanol–water partition coefficient (Wildman–Crippen LogP) is 3.50. The van der Waals surface area contributed by atoms with Crippen molar-refractivity contribution in [3.8, 4) is 0 Å². The Morgan fingerprint density at radius 3 is 2.60 bits per heavy atom. The number of aryl methyl sites for hydroxylation is 1. The van der Waals surface area contributed by atoms with Crippen LogP contribution in [0, 0.1) is 6.92 Å². The van der Waals surface area contributed by atoms with Gasteiger partial charge < -0.3 is 10.6 Å². The first kappa shape index (κ1) is 16.3. The molecule has 0 saturated heterocycles. The highest BCUT2D eigenvalue weighted by molar-refractivity contribution is 5.99. The number of carbonyl (C=O) groups excluding carboxylic acids is 1. The summed E-state index contributed by atoms with van der Waals surface area (Å²) in [7, 11) is 0. The minimum atomic E-state index is -4.18. The van der Waals surface area contributed by atoms with Gasteiger partial charge >= 0.3 is 6.18 Å². The molecule has 0 aliphatic heterocycles. The van der Waals surface area contributed by atoms with Crippen molar-refractivity contribution >= 4 is 11.6 Å². The maximum absolute atomic E-state index is 12.0. The molecule has 1 aromatic rings. The van der Waals surface area contributed by atoms with Gasteiger partial charge in [-0.3, -0.25) is 4.79 Å². The summed E-state index contributed by atoms with van der Waals surface area (Å²) in [6.07, 6.45) is -5.18. The number of anilines is 1. The Kier molecular flexibility index (Phi) is 5.85. The van der Waals surface area contributed by atoms with Gasteiger partial charge in [-0.05, 0) is 38.0 Å². The fourth-order valence-electron chi connectivity index (χ4n) is 1.78. The van der Waals surface area contributed by atoms with E-state index in [1.54, 1.807) is 12.1 Å². The Balaban J connectivity index is 2.59. The number of amides is 1. The van der Waals surface area contributed by atoms with Crippen molar-refractivity contribution < 1.29 is 18.0 Å². The van der Waals surface area contributed by atoms with Crippen LogP contribution in [0.15, 0.2) is 18.2 Å². The van der Waals surface area contributed by atoms with Crippen LogP contribution >= 0.6 is 0 Å². The van der Waals surface area contributed by atoms with Gasteiger partial charge in [0, 0.05) is 25.2 Å². The topological polar surface area (TPSA) is 41.1 Å². The normalized spacial score (nSPS) is 11.2. The van der Waals surface area contributed by atoms with Crippen LogP contribution < -0.4 is 10.6 Å². The molecule has 20 heavy (non-hydrogen) atoms. The van der Waals surface area contributed by atoms with E-state index in [9.17, 15) is 18.0 Å². The Morgan fingerprint density at radius 2 is 2.00 bits per heavy atom. The second kappa shape index (κ2) is 7.17. The van der Waals surface area contributed by atoms with E-state index in [1.807, 2.05) is 19.9 Å². The first-order valence-electron chi connectivity index (χ1n) is 6.53. The van der Waals surface area contributed by atoms with Gasteiger partial charge in [-0.25, -0.2) is 0 Å².